The molecule has 3 aromatic carbocycles. The topological polar surface area (TPSA) is 135 Å². The lowest BCUT2D eigenvalue weighted by Crippen LogP contribution is -2.08. The van der Waals surface area contributed by atoms with Crippen molar-refractivity contribution < 1.29 is 29.6 Å². The molecule has 31 heavy (non-hydrogen) atoms. The van der Waals surface area contributed by atoms with Gasteiger partial charge in [0.2, 0.25) is 0 Å². The standard InChI is InChI=1S/C22H17N3O6/c26-19-9-15-5-6-16(22(30)31-12-25-10-23-24-11-25)7-17(15)8-18(19)20(27)13-1-3-14(4-2-13)21(28)29/h1-11,20,26-27H,12H2,(H,28,29). The molecule has 9 heteroatoms. The Morgan fingerprint density at radius 1 is 0.935 bits per heavy atom. The number of carbonyl (C=O) groups is 2. The number of hydrogen-bond acceptors (Lipinski definition) is 7. The fourth-order valence-corrected chi connectivity index (χ4v) is 3.14. The van der Waals surface area contributed by atoms with Gasteiger partial charge in [0, 0.05) is 5.56 Å². The van der Waals surface area contributed by atoms with E-state index < -0.39 is 18.0 Å². The summed E-state index contributed by atoms with van der Waals surface area (Å²) >= 11 is 0. The second-order valence-corrected chi connectivity index (χ2v) is 6.84. The molecular weight excluding hydrogens is 402 g/mol. The number of aliphatic hydroxyl groups is 1. The predicted octanol–water partition coefficient (Wildman–Crippen LogP) is 2.73. The van der Waals surface area contributed by atoms with Gasteiger partial charge >= 0.3 is 11.9 Å². The number of carboxylic acid groups (broad SMARTS) is 1. The Kier molecular flexibility index (Phi) is 5.33. The number of aromatic carboxylic acids is 1. The molecule has 1 aromatic heterocycles. The summed E-state index contributed by atoms with van der Waals surface area (Å²) < 4.78 is 6.72. The molecule has 0 fully saturated rings. The summed E-state index contributed by atoms with van der Waals surface area (Å²) in [5.41, 5.74) is 1.04. The van der Waals surface area contributed by atoms with Crippen molar-refractivity contribution in [1.29, 1.82) is 0 Å². The van der Waals surface area contributed by atoms with E-state index in [2.05, 4.69) is 10.2 Å². The van der Waals surface area contributed by atoms with Crippen LogP contribution >= 0.6 is 0 Å². The van der Waals surface area contributed by atoms with Crippen molar-refractivity contribution in [2.45, 2.75) is 12.8 Å². The minimum absolute atomic E-state index is 0.0320. The summed E-state index contributed by atoms with van der Waals surface area (Å²) in [4.78, 5) is 23.4. The second-order valence-electron chi connectivity index (χ2n) is 6.84. The van der Waals surface area contributed by atoms with Crippen LogP contribution in [0.15, 0.2) is 67.3 Å². The fraction of sp³-hybridized carbons (Fsp3) is 0.0909. The number of esters is 1. The number of benzene rings is 3. The van der Waals surface area contributed by atoms with Crippen LogP contribution in [0.5, 0.6) is 5.75 Å². The highest BCUT2D eigenvalue weighted by Crippen LogP contribution is 2.33. The molecule has 0 saturated heterocycles. The Hall–Kier alpha value is -4.24. The first kappa shape index (κ1) is 20.0. The average molecular weight is 419 g/mol. The fourth-order valence-electron chi connectivity index (χ4n) is 3.14. The molecule has 0 amide bonds. The van der Waals surface area contributed by atoms with Crippen LogP contribution in [0.25, 0.3) is 10.8 Å². The summed E-state index contributed by atoms with van der Waals surface area (Å²) in [6.45, 7) is -0.0320. The Bertz CT molecular complexity index is 1250. The number of ether oxygens (including phenoxy) is 1. The molecule has 1 heterocycles. The predicted molar refractivity (Wildman–Crippen MR) is 109 cm³/mol. The van der Waals surface area contributed by atoms with E-state index >= 15 is 0 Å². The molecular formula is C22H17N3O6. The Balaban J connectivity index is 1.61. The first-order valence-electron chi connectivity index (χ1n) is 9.20. The van der Waals surface area contributed by atoms with Crippen LogP contribution < -0.4 is 0 Å². The number of phenolic OH excluding ortho intramolecular Hbond substituents is 1. The van der Waals surface area contributed by atoms with Gasteiger partial charge in [-0.25, -0.2) is 9.59 Å². The van der Waals surface area contributed by atoms with Crippen LogP contribution in [0.1, 0.15) is 37.9 Å². The average Bonchev–Trinajstić information content (AvgIpc) is 3.30. The number of nitrogens with zero attached hydrogens (tertiary/aromatic N) is 3. The van der Waals surface area contributed by atoms with E-state index in [0.29, 0.717) is 21.9 Å². The first-order valence-corrected chi connectivity index (χ1v) is 9.20. The van der Waals surface area contributed by atoms with E-state index in [0.717, 1.165) is 0 Å². The van der Waals surface area contributed by atoms with Gasteiger partial charge in [-0.2, -0.15) is 0 Å². The SMILES string of the molecule is O=C(O)c1ccc(C(O)c2cc3cc(C(=O)OCn4cnnc4)ccc3cc2O)cc1. The molecule has 1 unspecified atom stereocenters. The third-order valence-electron chi connectivity index (χ3n) is 4.80. The number of aromatic hydroxyl groups is 1. The van der Waals surface area contributed by atoms with Gasteiger partial charge in [0.15, 0.2) is 6.73 Å². The zero-order valence-corrected chi connectivity index (χ0v) is 16.0. The molecule has 4 rings (SSSR count). The molecule has 4 aromatic rings. The molecule has 0 radical (unpaired) electrons. The number of aromatic nitrogens is 3. The van der Waals surface area contributed by atoms with Crippen molar-refractivity contribution in [3.63, 3.8) is 0 Å². The molecule has 9 nitrogen and oxygen atoms in total. The van der Waals surface area contributed by atoms with E-state index in [1.165, 1.54) is 47.6 Å². The van der Waals surface area contributed by atoms with Gasteiger partial charge in [-0.1, -0.05) is 18.2 Å². The Morgan fingerprint density at radius 3 is 2.29 bits per heavy atom. The molecule has 0 saturated carbocycles. The van der Waals surface area contributed by atoms with Crippen molar-refractivity contribution in [2.24, 2.45) is 0 Å². The van der Waals surface area contributed by atoms with Crippen LogP contribution in [0.3, 0.4) is 0 Å². The van der Waals surface area contributed by atoms with Crippen molar-refractivity contribution in [2.75, 3.05) is 0 Å². The zero-order chi connectivity index (χ0) is 22.0. The number of fused-ring (bicyclic) bond motifs is 1. The lowest BCUT2D eigenvalue weighted by Gasteiger charge is -2.15. The van der Waals surface area contributed by atoms with Gasteiger partial charge in [-0.15, -0.1) is 10.2 Å². The molecule has 156 valence electrons. The van der Waals surface area contributed by atoms with Gasteiger partial charge in [0.1, 0.15) is 24.5 Å². The largest absolute Gasteiger partial charge is 0.508 e. The first-order chi connectivity index (χ1) is 14.9. The molecule has 3 N–H and O–H groups in total. The van der Waals surface area contributed by atoms with E-state index in [1.807, 2.05) is 0 Å². The van der Waals surface area contributed by atoms with Crippen LogP contribution in [0.2, 0.25) is 0 Å². The highest BCUT2D eigenvalue weighted by atomic mass is 16.5. The third kappa shape index (κ3) is 4.21. The van der Waals surface area contributed by atoms with Crippen LogP contribution in [0.4, 0.5) is 0 Å². The van der Waals surface area contributed by atoms with Crippen molar-refractivity contribution >= 4 is 22.7 Å². The minimum Gasteiger partial charge on any atom is -0.508 e. The van der Waals surface area contributed by atoms with Crippen LogP contribution in [-0.4, -0.2) is 42.0 Å². The maximum Gasteiger partial charge on any atom is 0.339 e. The number of hydrogen-bond donors (Lipinski definition) is 3. The van der Waals surface area contributed by atoms with Crippen molar-refractivity contribution in [1.82, 2.24) is 14.8 Å². The number of phenols is 1. The van der Waals surface area contributed by atoms with Gasteiger partial charge < -0.3 is 20.1 Å². The number of carboxylic acids is 1. The lowest BCUT2D eigenvalue weighted by atomic mass is 9.96. The zero-order valence-electron chi connectivity index (χ0n) is 16.0. The molecule has 0 aliphatic rings. The molecule has 0 aliphatic heterocycles. The molecule has 0 spiro atoms. The Morgan fingerprint density at radius 2 is 1.61 bits per heavy atom. The van der Waals surface area contributed by atoms with Gasteiger partial charge in [-0.3, -0.25) is 4.57 Å². The highest BCUT2D eigenvalue weighted by Gasteiger charge is 2.17. The minimum atomic E-state index is -1.18. The number of rotatable bonds is 6. The lowest BCUT2D eigenvalue weighted by molar-refractivity contribution is 0.0371. The highest BCUT2D eigenvalue weighted by molar-refractivity contribution is 5.96. The third-order valence-corrected chi connectivity index (χ3v) is 4.80. The van der Waals surface area contributed by atoms with Gasteiger partial charge in [0.25, 0.3) is 0 Å². The Labute approximate surface area is 175 Å². The summed E-state index contributed by atoms with van der Waals surface area (Å²) in [7, 11) is 0. The number of aliphatic hydroxyl groups excluding tert-OH is 1. The van der Waals surface area contributed by atoms with Crippen molar-refractivity contribution in [3.05, 3.63) is 89.5 Å². The molecule has 0 aliphatic carbocycles. The van der Waals surface area contributed by atoms with Gasteiger partial charge in [0.05, 0.1) is 11.1 Å². The quantitative estimate of drug-likeness (QED) is 0.406. The molecule has 1 atom stereocenters. The van der Waals surface area contributed by atoms with Crippen molar-refractivity contribution in [3.8, 4) is 5.75 Å². The van der Waals surface area contributed by atoms with E-state index in [4.69, 9.17) is 9.84 Å². The monoisotopic (exact) mass is 419 g/mol. The van der Waals surface area contributed by atoms with Gasteiger partial charge in [-0.05, 0) is 52.7 Å². The van der Waals surface area contributed by atoms with E-state index in [-0.39, 0.29) is 23.6 Å². The van der Waals surface area contributed by atoms with Crippen LogP contribution in [-0.2, 0) is 11.5 Å². The molecule has 0 bridgehead atoms. The normalized spacial score (nSPS) is 11.9. The van der Waals surface area contributed by atoms with Crippen LogP contribution in [0, 0.1) is 0 Å². The maximum absolute atomic E-state index is 12.4. The summed E-state index contributed by atoms with van der Waals surface area (Å²) in [6, 6.07) is 13.6. The summed E-state index contributed by atoms with van der Waals surface area (Å²) in [5.74, 6) is -1.74. The van der Waals surface area contributed by atoms with E-state index in [9.17, 15) is 19.8 Å². The summed E-state index contributed by atoms with van der Waals surface area (Å²) in [6.07, 6.45) is 1.66. The number of carbonyl (C=O) groups excluding carboxylic acids is 1. The van der Waals surface area contributed by atoms with E-state index in [1.54, 1.807) is 24.3 Å². The smallest absolute Gasteiger partial charge is 0.339 e. The summed E-state index contributed by atoms with van der Waals surface area (Å²) in [5, 5.41) is 38.7. The second kappa shape index (κ2) is 8.25. The maximum atomic E-state index is 12.4.